The smallest absolute Gasteiger partial charge is 0.116 e. The van der Waals surface area contributed by atoms with Crippen LogP contribution in [0.5, 0.6) is 0 Å². The summed E-state index contributed by atoms with van der Waals surface area (Å²) in [5, 5.41) is 7.77. The third-order valence-electron chi connectivity index (χ3n) is 7.13. The van der Waals surface area contributed by atoms with Gasteiger partial charge in [-0.1, -0.05) is 103 Å². The second-order valence-electron chi connectivity index (χ2n) is 9.15. The first-order valence-corrected chi connectivity index (χ1v) is 11.7. The van der Waals surface area contributed by atoms with Crippen LogP contribution in [-0.2, 0) is 12.8 Å². The molecule has 2 unspecified atom stereocenters. The predicted molar refractivity (Wildman–Crippen MR) is 133 cm³/mol. The van der Waals surface area contributed by atoms with Gasteiger partial charge in [-0.25, -0.2) is 0 Å². The van der Waals surface area contributed by atoms with Gasteiger partial charge in [-0.15, -0.1) is 0 Å². The average Bonchev–Trinajstić information content (AvgIpc) is 2.89. The van der Waals surface area contributed by atoms with Crippen molar-refractivity contribution in [3.05, 3.63) is 148 Å². The summed E-state index contributed by atoms with van der Waals surface area (Å²) in [6.07, 6.45) is 11.1. The first-order valence-electron chi connectivity index (χ1n) is 11.7. The molecule has 4 aliphatic rings. The molecular formula is C30H25N3. The minimum absolute atomic E-state index is 0.161. The van der Waals surface area contributed by atoms with Gasteiger partial charge < -0.3 is 10.6 Å². The lowest BCUT2D eigenvalue weighted by molar-refractivity contribution is 0.610. The summed E-state index contributed by atoms with van der Waals surface area (Å²) in [4.78, 5) is 2.46. The zero-order chi connectivity index (χ0) is 21.8. The van der Waals surface area contributed by atoms with E-state index in [0.717, 1.165) is 12.8 Å². The number of benzene rings is 3. The van der Waals surface area contributed by atoms with E-state index < -0.39 is 0 Å². The highest BCUT2D eigenvalue weighted by Crippen LogP contribution is 2.45. The van der Waals surface area contributed by atoms with Gasteiger partial charge in [0.15, 0.2) is 0 Å². The van der Waals surface area contributed by atoms with E-state index in [-0.39, 0.29) is 12.1 Å². The number of anilines is 1. The summed E-state index contributed by atoms with van der Waals surface area (Å²) < 4.78 is 0. The van der Waals surface area contributed by atoms with Crippen molar-refractivity contribution < 1.29 is 0 Å². The summed E-state index contributed by atoms with van der Waals surface area (Å²) in [6.45, 7) is 0. The first-order chi connectivity index (χ1) is 16.3. The molecule has 0 amide bonds. The topological polar surface area (TPSA) is 27.3 Å². The number of nitrogens with one attached hydrogen (secondary N) is 2. The van der Waals surface area contributed by atoms with Gasteiger partial charge in [-0.2, -0.15) is 0 Å². The molecule has 0 radical (unpaired) electrons. The van der Waals surface area contributed by atoms with Crippen molar-refractivity contribution in [3.63, 3.8) is 0 Å². The van der Waals surface area contributed by atoms with Crippen LogP contribution in [0.3, 0.4) is 0 Å². The van der Waals surface area contributed by atoms with Gasteiger partial charge in [0.2, 0.25) is 0 Å². The highest BCUT2D eigenvalue weighted by atomic mass is 15.3. The van der Waals surface area contributed by atoms with Crippen molar-refractivity contribution in [1.82, 2.24) is 10.6 Å². The van der Waals surface area contributed by atoms with Crippen LogP contribution >= 0.6 is 0 Å². The number of allylic oxidation sites excluding steroid dienone is 4. The maximum absolute atomic E-state index is 3.88. The van der Waals surface area contributed by atoms with E-state index in [1.165, 1.54) is 50.7 Å². The Hall–Kier alpha value is -3.98. The normalized spacial score (nSPS) is 22.2. The number of fused-ring (bicyclic) bond motifs is 2. The number of dihydropyridines is 2. The largest absolute Gasteiger partial charge is 0.361 e. The highest BCUT2D eigenvalue weighted by molar-refractivity contribution is 5.76. The van der Waals surface area contributed by atoms with Crippen LogP contribution in [0.25, 0.3) is 0 Å². The molecule has 3 aromatic rings. The molecule has 160 valence electrons. The lowest BCUT2D eigenvalue weighted by Gasteiger charge is -2.45. The molecule has 0 saturated heterocycles. The molecule has 0 spiro atoms. The number of hydrogen-bond donors (Lipinski definition) is 2. The summed E-state index contributed by atoms with van der Waals surface area (Å²) in [5.74, 6) is 2.40. The van der Waals surface area contributed by atoms with Gasteiger partial charge in [-0.3, -0.25) is 4.90 Å². The monoisotopic (exact) mass is 427 g/mol. The highest BCUT2D eigenvalue weighted by Gasteiger charge is 2.37. The van der Waals surface area contributed by atoms with Crippen molar-refractivity contribution in [2.24, 2.45) is 0 Å². The average molecular weight is 428 g/mol. The number of rotatable bonds is 2. The van der Waals surface area contributed by atoms with Gasteiger partial charge in [-0.05, 0) is 33.4 Å². The van der Waals surface area contributed by atoms with Crippen LogP contribution in [0, 0.1) is 0 Å². The Bertz CT molecular complexity index is 1260. The minimum Gasteiger partial charge on any atom is -0.361 e. The Morgan fingerprint density at radius 1 is 0.576 bits per heavy atom. The van der Waals surface area contributed by atoms with Gasteiger partial charge in [0.05, 0.1) is 17.8 Å². The Morgan fingerprint density at radius 2 is 1.06 bits per heavy atom. The van der Waals surface area contributed by atoms with Crippen LogP contribution in [0.15, 0.2) is 126 Å². The number of nitrogens with zero attached hydrogens (tertiary/aromatic N) is 1. The fraction of sp³-hybridized carbons (Fsp3) is 0.133. The van der Waals surface area contributed by atoms with Crippen LogP contribution in [-0.4, -0.2) is 0 Å². The maximum atomic E-state index is 3.88. The molecule has 4 aliphatic heterocycles. The molecule has 4 heterocycles. The van der Waals surface area contributed by atoms with Crippen LogP contribution in [0.1, 0.15) is 34.3 Å². The summed E-state index contributed by atoms with van der Waals surface area (Å²) in [5.41, 5.74) is 9.39. The van der Waals surface area contributed by atoms with Crippen LogP contribution in [0.4, 0.5) is 5.69 Å². The van der Waals surface area contributed by atoms with Gasteiger partial charge in [0.1, 0.15) is 11.6 Å². The zero-order valence-electron chi connectivity index (χ0n) is 18.3. The van der Waals surface area contributed by atoms with E-state index in [1.54, 1.807) is 0 Å². The van der Waals surface area contributed by atoms with Crippen molar-refractivity contribution in [2.75, 3.05) is 4.90 Å². The summed E-state index contributed by atoms with van der Waals surface area (Å²) in [6, 6.07) is 28.5. The van der Waals surface area contributed by atoms with E-state index in [9.17, 15) is 0 Å². The fourth-order valence-corrected chi connectivity index (χ4v) is 5.53. The fourth-order valence-electron chi connectivity index (χ4n) is 5.53. The van der Waals surface area contributed by atoms with Crippen LogP contribution in [0.2, 0.25) is 0 Å². The van der Waals surface area contributed by atoms with E-state index in [1.807, 2.05) is 0 Å². The lowest BCUT2D eigenvalue weighted by Crippen LogP contribution is -2.46. The van der Waals surface area contributed by atoms with Crippen molar-refractivity contribution in [2.45, 2.75) is 24.9 Å². The molecule has 2 atom stereocenters. The van der Waals surface area contributed by atoms with Crippen molar-refractivity contribution in [1.29, 1.82) is 0 Å². The Morgan fingerprint density at radius 3 is 1.55 bits per heavy atom. The second kappa shape index (κ2) is 7.28. The van der Waals surface area contributed by atoms with Crippen molar-refractivity contribution >= 4 is 5.69 Å². The second-order valence-corrected chi connectivity index (χ2v) is 9.15. The van der Waals surface area contributed by atoms with E-state index in [4.69, 9.17) is 0 Å². The number of hydrogen-bond acceptors (Lipinski definition) is 3. The third kappa shape index (κ3) is 2.96. The molecule has 3 aromatic carbocycles. The molecular weight excluding hydrogens is 402 g/mol. The van der Waals surface area contributed by atoms with Gasteiger partial charge in [0.25, 0.3) is 0 Å². The summed E-state index contributed by atoms with van der Waals surface area (Å²) in [7, 11) is 0. The third-order valence-corrected chi connectivity index (χ3v) is 7.13. The Kier molecular flexibility index (Phi) is 4.10. The standard InChI is InChI=1S/C30H25N3/c1-3-8-20(9-4-1)26-16-14-24-18-22-12-7-13-23-19-25-15-17-27(21-10-5-2-6-11-21)32-30(25)33(28(22)23)29(24)31-26/h1-17,26-27,31-32H,18-19H2. The molecule has 0 saturated carbocycles. The molecule has 33 heavy (non-hydrogen) atoms. The lowest BCUT2D eigenvalue weighted by atomic mass is 9.86. The predicted octanol–water partition coefficient (Wildman–Crippen LogP) is 5.83. The minimum atomic E-state index is 0.161. The van der Waals surface area contributed by atoms with E-state index >= 15 is 0 Å². The quantitative estimate of drug-likeness (QED) is 0.539. The Balaban J connectivity index is 1.33. The molecule has 0 aliphatic carbocycles. The number of para-hydroxylation sites is 1. The molecule has 2 N–H and O–H groups in total. The molecule has 0 aromatic heterocycles. The Labute approximate surface area is 194 Å². The van der Waals surface area contributed by atoms with Gasteiger partial charge >= 0.3 is 0 Å². The maximum Gasteiger partial charge on any atom is 0.116 e. The van der Waals surface area contributed by atoms with Gasteiger partial charge in [0, 0.05) is 12.8 Å². The molecule has 0 bridgehead atoms. The zero-order valence-corrected chi connectivity index (χ0v) is 18.3. The first kappa shape index (κ1) is 18.6. The molecule has 3 nitrogen and oxygen atoms in total. The molecule has 3 heteroatoms. The van der Waals surface area contributed by atoms with E-state index in [2.05, 4.69) is 119 Å². The van der Waals surface area contributed by atoms with Crippen LogP contribution < -0.4 is 15.5 Å². The molecule has 0 fully saturated rings. The summed E-state index contributed by atoms with van der Waals surface area (Å²) >= 11 is 0. The van der Waals surface area contributed by atoms with E-state index in [0.29, 0.717) is 0 Å². The SMILES string of the molecule is C1=CC(c2ccccc2)NC2=C1Cc1cccc3c1N2C1=C(C=CC(c2ccccc2)N1)C3. The van der Waals surface area contributed by atoms with Crippen molar-refractivity contribution in [3.8, 4) is 0 Å². The molecule has 7 rings (SSSR count).